The summed E-state index contributed by atoms with van der Waals surface area (Å²) in [5.41, 5.74) is 0. The van der Waals surface area contributed by atoms with E-state index in [0.717, 1.165) is 38.7 Å². The van der Waals surface area contributed by atoms with E-state index in [-0.39, 0.29) is 6.54 Å². The lowest BCUT2D eigenvalue weighted by Gasteiger charge is -2.24. The molecule has 1 aromatic heterocycles. The summed E-state index contributed by atoms with van der Waals surface area (Å²) in [6, 6.07) is 3.52. The molecule has 21 heavy (non-hydrogen) atoms. The van der Waals surface area contributed by atoms with Gasteiger partial charge in [-0.25, -0.2) is 4.99 Å². The highest BCUT2D eigenvalue weighted by molar-refractivity contribution is 5.79. The molecule has 0 amide bonds. The van der Waals surface area contributed by atoms with Gasteiger partial charge >= 0.3 is 0 Å². The molecular formula is C15H25N3O3. The van der Waals surface area contributed by atoms with Gasteiger partial charge in [-0.2, -0.15) is 0 Å². The third kappa shape index (κ3) is 4.75. The first-order valence-corrected chi connectivity index (χ1v) is 7.49. The monoisotopic (exact) mass is 295 g/mol. The lowest BCUT2D eigenvalue weighted by Crippen LogP contribution is -2.41. The maximum Gasteiger partial charge on any atom is 0.193 e. The van der Waals surface area contributed by atoms with E-state index in [1.54, 1.807) is 18.4 Å². The molecule has 2 heterocycles. The van der Waals surface area contributed by atoms with Crippen LogP contribution < -0.4 is 5.32 Å². The number of furan rings is 1. The molecule has 1 aliphatic heterocycles. The molecule has 2 atom stereocenters. The maximum absolute atomic E-state index is 10.0. The number of nitrogens with zero attached hydrogens (tertiary/aromatic N) is 2. The summed E-state index contributed by atoms with van der Waals surface area (Å²) < 4.78 is 10.6. The van der Waals surface area contributed by atoms with Crippen LogP contribution in [0.2, 0.25) is 0 Å². The summed E-state index contributed by atoms with van der Waals surface area (Å²) in [4.78, 5) is 6.59. The van der Waals surface area contributed by atoms with Crippen molar-refractivity contribution in [3.8, 4) is 0 Å². The molecule has 2 rings (SSSR count). The lowest BCUT2D eigenvalue weighted by atomic mass is 10.1. The van der Waals surface area contributed by atoms with Crippen molar-refractivity contribution in [1.82, 2.24) is 10.2 Å². The predicted molar refractivity (Wildman–Crippen MR) is 81.2 cm³/mol. The van der Waals surface area contributed by atoms with Crippen LogP contribution in [-0.4, -0.2) is 55.9 Å². The van der Waals surface area contributed by atoms with Crippen molar-refractivity contribution in [2.45, 2.75) is 19.4 Å². The predicted octanol–water partition coefficient (Wildman–Crippen LogP) is 1.25. The number of aliphatic hydroxyl groups is 1. The molecule has 0 bridgehead atoms. The molecule has 2 N–H and O–H groups in total. The molecule has 0 spiro atoms. The van der Waals surface area contributed by atoms with Crippen molar-refractivity contribution in [3.63, 3.8) is 0 Å². The number of nitrogens with one attached hydrogen (secondary N) is 1. The van der Waals surface area contributed by atoms with E-state index in [0.29, 0.717) is 11.7 Å². The molecule has 1 aromatic rings. The Hall–Kier alpha value is -1.53. The molecule has 6 heteroatoms. The maximum atomic E-state index is 10.0. The van der Waals surface area contributed by atoms with Crippen LogP contribution in [0, 0.1) is 5.92 Å². The van der Waals surface area contributed by atoms with Crippen LogP contribution in [0.4, 0.5) is 0 Å². The summed E-state index contributed by atoms with van der Waals surface area (Å²) in [5, 5.41) is 13.3. The van der Waals surface area contributed by atoms with Crippen LogP contribution in [0.1, 0.15) is 25.2 Å². The molecular weight excluding hydrogens is 270 g/mol. The van der Waals surface area contributed by atoms with Crippen LogP contribution in [0.25, 0.3) is 0 Å². The number of ether oxygens (including phenoxy) is 1. The molecule has 6 nitrogen and oxygen atoms in total. The molecule has 1 saturated heterocycles. The van der Waals surface area contributed by atoms with Gasteiger partial charge in [0.15, 0.2) is 5.96 Å². The number of hydrogen-bond acceptors (Lipinski definition) is 4. The molecule has 0 radical (unpaired) electrons. The number of aliphatic imine (C=N–C) groups is 1. The van der Waals surface area contributed by atoms with E-state index in [1.807, 2.05) is 14.0 Å². The Morgan fingerprint density at radius 1 is 1.62 bits per heavy atom. The standard InChI is InChI=1S/C15H25N3O3/c1-3-16-15(18(2)10-12-6-8-20-11-12)17-9-13(19)14-5-4-7-21-14/h4-5,7,12-13,19H,3,6,8-11H2,1-2H3,(H,16,17). The number of hydrogen-bond donors (Lipinski definition) is 2. The molecule has 118 valence electrons. The van der Waals surface area contributed by atoms with Gasteiger partial charge in [0.05, 0.1) is 19.4 Å². The summed E-state index contributed by atoms with van der Waals surface area (Å²) in [5.74, 6) is 1.89. The van der Waals surface area contributed by atoms with Crippen LogP contribution in [-0.2, 0) is 4.74 Å². The van der Waals surface area contributed by atoms with Gasteiger partial charge in [0.2, 0.25) is 0 Å². The number of aliphatic hydroxyl groups excluding tert-OH is 1. The van der Waals surface area contributed by atoms with Crippen molar-refractivity contribution in [2.75, 3.05) is 39.9 Å². The number of guanidine groups is 1. The second kappa shape index (κ2) is 8.05. The summed E-state index contributed by atoms with van der Waals surface area (Å²) in [6.07, 6.45) is 1.94. The fraction of sp³-hybridized carbons (Fsp3) is 0.667. The highest BCUT2D eigenvalue weighted by Crippen LogP contribution is 2.15. The normalized spacial score (nSPS) is 20.5. The van der Waals surface area contributed by atoms with Crippen LogP contribution >= 0.6 is 0 Å². The minimum absolute atomic E-state index is 0.279. The Labute approximate surface area is 125 Å². The molecule has 2 unspecified atom stereocenters. The Kier molecular flexibility index (Phi) is 6.07. The van der Waals surface area contributed by atoms with E-state index in [9.17, 15) is 5.11 Å². The van der Waals surface area contributed by atoms with Crippen LogP contribution in [0.15, 0.2) is 27.8 Å². The smallest absolute Gasteiger partial charge is 0.193 e. The fourth-order valence-electron chi connectivity index (χ4n) is 2.41. The van der Waals surface area contributed by atoms with Gasteiger partial charge in [-0.3, -0.25) is 0 Å². The second-order valence-electron chi connectivity index (χ2n) is 5.34. The Morgan fingerprint density at radius 2 is 2.48 bits per heavy atom. The van der Waals surface area contributed by atoms with E-state index in [2.05, 4.69) is 15.2 Å². The topological polar surface area (TPSA) is 70.2 Å². The van der Waals surface area contributed by atoms with Crippen molar-refractivity contribution >= 4 is 5.96 Å². The lowest BCUT2D eigenvalue weighted by molar-refractivity contribution is 0.158. The number of rotatable bonds is 6. The first-order chi connectivity index (χ1) is 10.2. The second-order valence-corrected chi connectivity index (χ2v) is 5.34. The third-order valence-corrected chi connectivity index (χ3v) is 3.54. The van der Waals surface area contributed by atoms with Crippen molar-refractivity contribution < 1.29 is 14.3 Å². The van der Waals surface area contributed by atoms with Gasteiger partial charge in [0.25, 0.3) is 0 Å². The van der Waals surface area contributed by atoms with Gasteiger partial charge in [0, 0.05) is 32.7 Å². The van der Waals surface area contributed by atoms with Gasteiger partial charge < -0.3 is 24.5 Å². The van der Waals surface area contributed by atoms with Gasteiger partial charge in [-0.15, -0.1) is 0 Å². The Morgan fingerprint density at radius 3 is 3.10 bits per heavy atom. The Balaban J connectivity index is 1.91. The van der Waals surface area contributed by atoms with Crippen LogP contribution in [0.5, 0.6) is 0 Å². The van der Waals surface area contributed by atoms with E-state index >= 15 is 0 Å². The first-order valence-electron chi connectivity index (χ1n) is 7.49. The van der Waals surface area contributed by atoms with Crippen molar-refractivity contribution in [1.29, 1.82) is 0 Å². The van der Waals surface area contributed by atoms with Gasteiger partial charge in [-0.05, 0) is 25.5 Å². The van der Waals surface area contributed by atoms with Gasteiger partial charge in [-0.1, -0.05) is 0 Å². The molecule has 1 fully saturated rings. The third-order valence-electron chi connectivity index (χ3n) is 3.54. The summed E-state index contributed by atoms with van der Waals surface area (Å²) >= 11 is 0. The fourth-order valence-corrected chi connectivity index (χ4v) is 2.41. The van der Waals surface area contributed by atoms with Crippen molar-refractivity contribution in [3.05, 3.63) is 24.2 Å². The van der Waals surface area contributed by atoms with E-state index in [4.69, 9.17) is 9.15 Å². The zero-order valence-electron chi connectivity index (χ0n) is 12.8. The molecule has 1 aliphatic rings. The minimum atomic E-state index is -0.711. The quantitative estimate of drug-likeness (QED) is 0.610. The van der Waals surface area contributed by atoms with E-state index < -0.39 is 6.10 Å². The highest BCUT2D eigenvalue weighted by atomic mass is 16.5. The largest absolute Gasteiger partial charge is 0.467 e. The SMILES string of the molecule is CCNC(=NCC(O)c1ccco1)N(C)CC1CCOC1. The van der Waals surface area contributed by atoms with Gasteiger partial charge in [0.1, 0.15) is 11.9 Å². The average molecular weight is 295 g/mol. The molecule has 0 aliphatic carbocycles. The minimum Gasteiger partial charge on any atom is -0.467 e. The van der Waals surface area contributed by atoms with Crippen molar-refractivity contribution in [2.24, 2.45) is 10.9 Å². The first kappa shape index (κ1) is 15.9. The summed E-state index contributed by atoms with van der Waals surface area (Å²) in [6.45, 7) is 5.68. The average Bonchev–Trinajstić information content (AvgIpc) is 3.15. The van der Waals surface area contributed by atoms with Crippen LogP contribution in [0.3, 0.4) is 0 Å². The Bertz CT molecular complexity index is 427. The molecule has 0 saturated carbocycles. The highest BCUT2D eigenvalue weighted by Gasteiger charge is 2.19. The van der Waals surface area contributed by atoms with E-state index in [1.165, 1.54) is 0 Å². The molecule has 0 aromatic carbocycles. The summed E-state index contributed by atoms with van der Waals surface area (Å²) in [7, 11) is 2.01. The zero-order valence-corrected chi connectivity index (χ0v) is 12.8. The zero-order chi connectivity index (χ0) is 15.1.